The largest absolute Gasteiger partial charge is 0.431 e. The molecule has 1 aliphatic heterocycles. The van der Waals surface area contributed by atoms with Gasteiger partial charge < -0.3 is 23.7 Å². The Morgan fingerprint density at radius 3 is 1.81 bits per heavy atom. The van der Waals surface area contributed by atoms with Crippen molar-refractivity contribution in [2.24, 2.45) is 0 Å². The molecule has 26 heavy (non-hydrogen) atoms. The van der Waals surface area contributed by atoms with Gasteiger partial charge in [0.1, 0.15) is 0 Å². The molecule has 0 fully saturated rings. The fourth-order valence-corrected chi connectivity index (χ4v) is 2.54. The Morgan fingerprint density at radius 1 is 0.808 bits per heavy atom. The second-order valence-corrected chi connectivity index (χ2v) is 5.54. The van der Waals surface area contributed by atoms with Crippen LogP contribution in [-0.2, 0) is 35.3 Å². The van der Waals surface area contributed by atoms with Gasteiger partial charge in [0, 0.05) is 33.3 Å². The average molecular weight is 366 g/mol. The molecule has 1 atom stereocenters. The van der Waals surface area contributed by atoms with E-state index < -0.39 is 30.2 Å². The van der Waals surface area contributed by atoms with Crippen molar-refractivity contribution < 1.29 is 42.9 Å². The second kappa shape index (κ2) is 7.52. The van der Waals surface area contributed by atoms with E-state index in [2.05, 4.69) is 0 Å². The molecule has 0 spiro atoms. The lowest BCUT2D eigenvalue weighted by Crippen LogP contribution is -2.15. The Kier molecular flexibility index (Phi) is 5.61. The Balaban J connectivity index is 2.78. The third-order valence-electron chi connectivity index (χ3n) is 3.40. The zero-order valence-electron chi connectivity index (χ0n) is 15.0. The van der Waals surface area contributed by atoms with E-state index in [1.54, 1.807) is 6.92 Å². The Morgan fingerprint density at radius 2 is 1.31 bits per heavy atom. The molecule has 2 rings (SSSR count). The third-order valence-corrected chi connectivity index (χ3v) is 3.40. The zero-order chi connectivity index (χ0) is 19.6. The fraction of sp³-hybridized carbons (Fsp3) is 0.412. The Bertz CT molecular complexity index is 794. The lowest BCUT2D eigenvalue weighted by Gasteiger charge is -2.20. The van der Waals surface area contributed by atoms with E-state index in [9.17, 15) is 19.2 Å². The van der Waals surface area contributed by atoms with Gasteiger partial charge in [0.05, 0.1) is 12.2 Å². The van der Waals surface area contributed by atoms with Crippen molar-refractivity contribution in [3.05, 3.63) is 16.7 Å². The molecule has 1 heterocycles. The molecule has 0 aromatic heterocycles. The molecule has 0 amide bonds. The van der Waals surface area contributed by atoms with Gasteiger partial charge in [0.2, 0.25) is 12.0 Å². The average Bonchev–Trinajstić information content (AvgIpc) is 2.89. The Hall–Kier alpha value is -2.94. The monoisotopic (exact) mass is 366 g/mol. The van der Waals surface area contributed by atoms with Gasteiger partial charge in [-0.25, -0.2) is 0 Å². The van der Waals surface area contributed by atoms with Crippen LogP contribution in [-0.4, -0.2) is 23.9 Å². The molecule has 9 nitrogen and oxygen atoms in total. The van der Waals surface area contributed by atoms with Crippen molar-refractivity contribution in [2.75, 3.05) is 0 Å². The highest BCUT2D eigenvalue weighted by Gasteiger charge is 2.38. The van der Waals surface area contributed by atoms with Crippen molar-refractivity contribution in [1.29, 1.82) is 0 Å². The summed E-state index contributed by atoms with van der Waals surface area (Å²) in [5.74, 6) is -3.26. The first-order valence-corrected chi connectivity index (χ1v) is 7.65. The standard InChI is InChI=1S/C17H18O9/c1-7-12-6-22-17(26-11(5)21)13(12)15(24-9(3)19)16(25-10(4)20)14(7)23-8(2)18/h17H,6H2,1-5H3. The number of esters is 4. The molecule has 0 aliphatic carbocycles. The number of ether oxygens (including phenoxy) is 5. The molecule has 0 saturated carbocycles. The van der Waals surface area contributed by atoms with E-state index in [1.807, 2.05) is 0 Å². The number of hydrogen-bond donors (Lipinski definition) is 0. The second-order valence-electron chi connectivity index (χ2n) is 5.54. The van der Waals surface area contributed by atoms with Crippen molar-refractivity contribution in [1.82, 2.24) is 0 Å². The first-order valence-electron chi connectivity index (χ1n) is 7.65. The Labute approximate surface area is 149 Å². The van der Waals surface area contributed by atoms with Crippen LogP contribution in [0.25, 0.3) is 0 Å². The highest BCUT2D eigenvalue weighted by atomic mass is 16.7. The van der Waals surface area contributed by atoms with E-state index >= 15 is 0 Å². The minimum absolute atomic E-state index is 0.0159. The molecule has 1 aliphatic rings. The molecule has 0 saturated heterocycles. The summed E-state index contributed by atoms with van der Waals surface area (Å²) in [6, 6.07) is 0. The highest BCUT2D eigenvalue weighted by molar-refractivity contribution is 5.81. The summed E-state index contributed by atoms with van der Waals surface area (Å²) < 4.78 is 26.1. The molecular formula is C17H18O9. The van der Waals surface area contributed by atoms with Gasteiger partial charge in [0.15, 0.2) is 11.5 Å². The summed E-state index contributed by atoms with van der Waals surface area (Å²) in [7, 11) is 0. The fourth-order valence-electron chi connectivity index (χ4n) is 2.54. The van der Waals surface area contributed by atoms with Gasteiger partial charge >= 0.3 is 23.9 Å². The molecule has 1 unspecified atom stereocenters. The lowest BCUT2D eigenvalue weighted by molar-refractivity contribution is -0.175. The summed E-state index contributed by atoms with van der Waals surface area (Å²) >= 11 is 0. The summed E-state index contributed by atoms with van der Waals surface area (Å²) in [5, 5.41) is 0. The van der Waals surface area contributed by atoms with Crippen LogP contribution in [0.15, 0.2) is 0 Å². The van der Waals surface area contributed by atoms with Crippen LogP contribution in [0.3, 0.4) is 0 Å². The van der Waals surface area contributed by atoms with Gasteiger partial charge in [-0.05, 0) is 12.5 Å². The molecule has 0 radical (unpaired) electrons. The molecule has 1 aromatic carbocycles. The summed E-state index contributed by atoms with van der Waals surface area (Å²) in [4.78, 5) is 45.9. The maximum Gasteiger partial charge on any atom is 0.308 e. The van der Waals surface area contributed by atoms with Crippen LogP contribution in [0, 0.1) is 6.92 Å². The van der Waals surface area contributed by atoms with Gasteiger partial charge in [-0.2, -0.15) is 0 Å². The van der Waals surface area contributed by atoms with Gasteiger partial charge in [-0.1, -0.05) is 0 Å². The van der Waals surface area contributed by atoms with Gasteiger partial charge in [-0.3, -0.25) is 19.2 Å². The maximum absolute atomic E-state index is 11.6. The van der Waals surface area contributed by atoms with Gasteiger partial charge in [0.25, 0.3) is 0 Å². The summed E-state index contributed by atoms with van der Waals surface area (Å²) in [6.45, 7) is 6.28. The van der Waals surface area contributed by atoms with E-state index in [-0.39, 0.29) is 29.4 Å². The van der Waals surface area contributed by atoms with Gasteiger partial charge in [-0.15, -0.1) is 0 Å². The van der Waals surface area contributed by atoms with Crippen molar-refractivity contribution in [2.45, 2.75) is 47.5 Å². The molecule has 0 bridgehead atoms. The number of rotatable bonds is 4. The van der Waals surface area contributed by atoms with Crippen LogP contribution in [0.5, 0.6) is 17.2 Å². The molecule has 9 heteroatoms. The lowest BCUT2D eigenvalue weighted by atomic mass is 10.00. The number of carbonyl (C=O) groups excluding carboxylic acids is 4. The number of fused-ring (bicyclic) bond motifs is 1. The minimum Gasteiger partial charge on any atom is -0.431 e. The topological polar surface area (TPSA) is 114 Å². The van der Waals surface area contributed by atoms with Crippen molar-refractivity contribution in [3.8, 4) is 17.2 Å². The quantitative estimate of drug-likeness (QED) is 0.581. The maximum atomic E-state index is 11.6. The third kappa shape index (κ3) is 3.99. The first-order chi connectivity index (χ1) is 12.1. The number of carbonyl (C=O) groups is 4. The first kappa shape index (κ1) is 19.4. The van der Waals surface area contributed by atoms with E-state index in [4.69, 9.17) is 23.7 Å². The normalized spacial score (nSPS) is 15.0. The van der Waals surface area contributed by atoms with Crippen molar-refractivity contribution in [3.63, 3.8) is 0 Å². The number of hydrogen-bond acceptors (Lipinski definition) is 9. The summed E-state index contributed by atoms with van der Waals surface area (Å²) in [5.41, 5.74) is 1.15. The minimum atomic E-state index is -1.16. The van der Waals surface area contributed by atoms with Crippen molar-refractivity contribution >= 4 is 23.9 Å². The number of benzene rings is 1. The van der Waals surface area contributed by atoms with Crippen LogP contribution in [0.2, 0.25) is 0 Å². The molecule has 140 valence electrons. The van der Waals surface area contributed by atoms with E-state index in [0.29, 0.717) is 11.1 Å². The van der Waals surface area contributed by atoms with Crippen LogP contribution in [0.1, 0.15) is 50.7 Å². The van der Waals surface area contributed by atoms with Crippen LogP contribution < -0.4 is 14.2 Å². The predicted octanol–water partition coefficient (Wildman–Crippen LogP) is 1.86. The SMILES string of the molecule is CC(=O)Oc1c(C)c2c(c(OC(C)=O)c1OC(C)=O)C(OC(C)=O)OC2. The smallest absolute Gasteiger partial charge is 0.308 e. The summed E-state index contributed by atoms with van der Waals surface area (Å²) in [6.07, 6.45) is -1.16. The van der Waals surface area contributed by atoms with E-state index in [0.717, 1.165) is 13.8 Å². The molecule has 1 aromatic rings. The highest BCUT2D eigenvalue weighted by Crippen LogP contribution is 2.51. The predicted molar refractivity (Wildman–Crippen MR) is 84.4 cm³/mol. The van der Waals surface area contributed by atoms with E-state index in [1.165, 1.54) is 13.8 Å². The van der Waals surface area contributed by atoms with Crippen LogP contribution in [0.4, 0.5) is 0 Å². The zero-order valence-corrected chi connectivity index (χ0v) is 15.0. The van der Waals surface area contributed by atoms with Crippen LogP contribution >= 0.6 is 0 Å². The molecule has 0 N–H and O–H groups in total. The molecular weight excluding hydrogens is 348 g/mol.